The van der Waals surface area contributed by atoms with Gasteiger partial charge in [0.25, 0.3) is 0 Å². The van der Waals surface area contributed by atoms with E-state index < -0.39 is 0 Å². The van der Waals surface area contributed by atoms with Gasteiger partial charge in [-0.15, -0.1) is 34.2 Å². The van der Waals surface area contributed by atoms with Gasteiger partial charge in [-0.3, -0.25) is 4.99 Å². The molecule has 2 rings (SSSR count). The molecule has 1 heterocycles. The van der Waals surface area contributed by atoms with Gasteiger partial charge in [0.05, 0.1) is 0 Å². The van der Waals surface area contributed by atoms with Crippen molar-refractivity contribution in [3.05, 3.63) is 42.5 Å². The van der Waals surface area contributed by atoms with E-state index in [0.717, 1.165) is 76.9 Å². The average molecular weight is 543 g/mol. The van der Waals surface area contributed by atoms with Gasteiger partial charge < -0.3 is 24.8 Å². The molecule has 0 aliphatic rings. The summed E-state index contributed by atoms with van der Waals surface area (Å²) < 4.78 is 7.21. The summed E-state index contributed by atoms with van der Waals surface area (Å²) in [4.78, 5) is 7.15. The second kappa shape index (κ2) is 16.8. The van der Waals surface area contributed by atoms with Crippen LogP contribution in [0, 0.1) is 0 Å². The molecule has 0 spiro atoms. The van der Waals surface area contributed by atoms with Gasteiger partial charge in [0.1, 0.15) is 12.2 Å². The molecule has 31 heavy (non-hydrogen) atoms. The monoisotopic (exact) mass is 543 g/mol. The van der Waals surface area contributed by atoms with Crippen LogP contribution in [0.25, 0.3) is 0 Å². The van der Waals surface area contributed by atoms with Crippen molar-refractivity contribution in [3.8, 4) is 0 Å². The van der Waals surface area contributed by atoms with E-state index in [0.29, 0.717) is 0 Å². The Morgan fingerprint density at radius 2 is 1.90 bits per heavy atom. The van der Waals surface area contributed by atoms with Gasteiger partial charge in [-0.05, 0) is 31.9 Å². The summed E-state index contributed by atoms with van der Waals surface area (Å²) in [5, 5.41) is 15.0. The molecule has 0 bridgehead atoms. The maximum atomic E-state index is 5.14. The number of ether oxygens (including phenoxy) is 1. The number of benzene rings is 1. The van der Waals surface area contributed by atoms with E-state index in [4.69, 9.17) is 9.73 Å². The molecule has 0 aliphatic carbocycles. The van der Waals surface area contributed by atoms with Gasteiger partial charge in [-0.2, -0.15) is 0 Å². The Morgan fingerprint density at radius 3 is 2.61 bits per heavy atom. The predicted molar refractivity (Wildman–Crippen MR) is 139 cm³/mol. The van der Waals surface area contributed by atoms with E-state index in [1.54, 1.807) is 13.4 Å². The van der Waals surface area contributed by atoms with Crippen LogP contribution in [0.15, 0.2) is 41.7 Å². The van der Waals surface area contributed by atoms with Gasteiger partial charge in [-0.1, -0.05) is 25.1 Å². The molecule has 174 valence electrons. The summed E-state index contributed by atoms with van der Waals surface area (Å²) in [5.74, 6) is 1.85. The van der Waals surface area contributed by atoms with Crippen LogP contribution in [-0.2, 0) is 17.7 Å². The zero-order valence-electron chi connectivity index (χ0n) is 19.1. The van der Waals surface area contributed by atoms with Gasteiger partial charge >= 0.3 is 0 Å². The van der Waals surface area contributed by atoms with Crippen LogP contribution >= 0.6 is 24.0 Å². The van der Waals surface area contributed by atoms with Gasteiger partial charge in [0.15, 0.2) is 5.96 Å². The number of anilines is 1. The molecule has 1 aromatic heterocycles. The number of hydrogen-bond donors (Lipinski definition) is 2. The number of methoxy groups -OCH3 is 1. The summed E-state index contributed by atoms with van der Waals surface area (Å²) in [5.41, 5.74) is 1.26. The molecule has 2 aromatic rings. The fourth-order valence-corrected chi connectivity index (χ4v) is 3.19. The van der Waals surface area contributed by atoms with Crippen molar-refractivity contribution in [2.45, 2.75) is 39.7 Å². The number of guanidine groups is 1. The molecule has 0 saturated carbocycles. The van der Waals surface area contributed by atoms with E-state index in [-0.39, 0.29) is 24.0 Å². The summed E-state index contributed by atoms with van der Waals surface area (Å²) in [7, 11) is 1.73. The van der Waals surface area contributed by atoms with Crippen LogP contribution < -0.4 is 15.5 Å². The molecule has 9 heteroatoms. The molecule has 1 aromatic carbocycles. The average Bonchev–Trinajstić information content (AvgIpc) is 3.24. The number of halogens is 1. The van der Waals surface area contributed by atoms with E-state index in [9.17, 15) is 0 Å². The number of aryl methyl sites for hydroxylation is 1. The lowest BCUT2D eigenvalue weighted by Gasteiger charge is -2.22. The molecule has 0 amide bonds. The fourth-order valence-electron chi connectivity index (χ4n) is 3.19. The third-order valence-electron chi connectivity index (χ3n) is 4.83. The molecular formula is C22H38IN7O. The zero-order chi connectivity index (χ0) is 21.4. The highest BCUT2D eigenvalue weighted by atomic mass is 127. The standard InChI is InChI=1S/C22H37N7O.HI/c1-4-21-27-26-19-29(21)17-15-25-22(24-14-10-18-30-3)23-13-9-16-28(5-2)20-11-7-6-8-12-20;/h6-8,11-12,19H,4-5,9-10,13-18H2,1-3H3,(H2,23,24,25);1H. The molecule has 0 atom stereocenters. The quantitative estimate of drug-likeness (QED) is 0.165. The first-order valence-electron chi connectivity index (χ1n) is 11.0. The topological polar surface area (TPSA) is 79.6 Å². The van der Waals surface area contributed by atoms with Crippen LogP contribution in [0.3, 0.4) is 0 Å². The Morgan fingerprint density at radius 1 is 1.13 bits per heavy atom. The van der Waals surface area contributed by atoms with Crippen LogP contribution in [-0.4, -0.2) is 67.2 Å². The van der Waals surface area contributed by atoms with E-state index >= 15 is 0 Å². The summed E-state index contributed by atoms with van der Waals surface area (Å²) in [6.07, 6.45) is 4.61. The van der Waals surface area contributed by atoms with Crippen LogP contribution in [0.1, 0.15) is 32.5 Å². The lowest BCUT2D eigenvalue weighted by molar-refractivity contribution is 0.195. The maximum Gasteiger partial charge on any atom is 0.191 e. The minimum atomic E-state index is 0. The van der Waals surface area contributed by atoms with Gasteiger partial charge in [0.2, 0.25) is 0 Å². The molecular weight excluding hydrogens is 505 g/mol. The Bertz CT molecular complexity index is 724. The highest BCUT2D eigenvalue weighted by Crippen LogP contribution is 2.12. The number of rotatable bonds is 14. The lowest BCUT2D eigenvalue weighted by atomic mass is 10.2. The number of para-hydroxylation sites is 1. The molecule has 0 unspecified atom stereocenters. The van der Waals surface area contributed by atoms with Crippen LogP contribution in [0.2, 0.25) is 0 Å². The normalized spacial score (nSPS) is 11.1. The Kier molecular flexibility index (Phi) is 14.7. The first-order valence-corrected chi connectivity index (χ1v) is 11.0. The Balaban J connectivity index is 0.00000480. The Labute approximate surface area is 203 Å². The fraction of sp³-hybridized carbons (Fsp3) is 0.591. The molecule has 8 nitrogen and oxygen atoms in total. The van der Waals surface area contributed by atoms with Gasteiger partial charge in [0, 0.05) is 65.1 Å². The molecule has 0 saturated heterocycles. The van der Waals surface area contributed by atoms with E-state index in [2.05, 4.69) is 74.5 Å². The minimum Gasteiger partial charge on any atom is -0.385 e. The third kappa shape index (κ3) is 10.3. The van der Waals surface area contributed by atoms with E-state index in [1.807, 2.05) is 0 Å². The number of aliphatic imine (C=N–C) groups is 1. The number of aromatic nitrogens is 3. The molecule has 0 aliphatic heterocycles. The highest BCUT2D eigenvalue weighted by Gasteiger charge is 2.05. The van der Waals surface area contributed by atoms with Crippen molar-refractivity contribution in [2.24, 2.45) is 4.99 Å². The van der Waals surface area contributed by atoms with Gasteiger partial charge in [-0.25, -0.2) is 0 Å². The smallest absolute Gasteiger partial charge is 0.191 e. The van der Waals surface area contributed by atoms with Crippen molar-refractivity contribution >= 4 is 35.6 Å². The minimum absolute atomic E-state index is 0. The van der Waals surface area contributed by atoms with Crippen LogP contribution in [0.4, 0.5) is 5.69 Å². The molecule has 0 radical (unpaired) electrons. The predicted octanol–water partition coefficient (Wildman–Crippen LogP) is 2.95. The summed E-state index contributed by atoms with van der Waals surface area (Å²) in [6, 6.07) is 10.5. The van der Waals surface area contributed by atoms with Crippen molar-refractivity contribution < 1.29 is 4.74 Å². The van der Waals surface area contributed by atoms with Crippen molar-refractivity contribution in [1.29, 1.82) is 0 Å². The lowest BCUT2D eigenvalue weighted by Crippen LogP contribution is -2.40. The number of hydrogen-bond acceptors (Lipinski definition) is 5. The summed E-state index contributed by atoms with van der Waals surface area (Å²) in [6.45, 7) is 10.2. The van der Waals surface area contributed by atoms with E-state index in [1.165, 1.54) is 5.69 Å². The summed E-state index contributed by atoms with van der Waals surface area (Å²) >= 11 is 0. The van der Waals surface area contributed by atoms with Crippen LogP contribution in [0.5, 0.6) is 0 Å². The maximum absolute atomic E-state index is 5.14. The number of nitrogens with zero attached hydrogens (tertiary/aromatic N) is 5. The molecule has 2 N–H and O–H groups in total. The number of nitrogens with one attached hydrogen (secondary N) is 2. The third-order valence-corrected chi connectivity index (χ3v) is 4.83. The first-order chi connectivity index (χ1) is 14.8. The van der Waals surface area contributed by atoms with Crippen molar-refractivity contribution in [2.75, 3.05) is 51.3 Å². The highest BCUT2D eigenvalue weighted by molar-refractivity contribution is 14.0. The largest absolute Gasteiger partial charge is 0.385 e. The second-order valence-electron chi connectivity index (χ2n) is 6.99. The first kappa shape index (κ1) is 27.2. The Hall–Kier alpha value is -1.88. The zero-order valence-corrected chi connectivity index (χ0v) is 21.4. The van der Waals surface area contributed by atoms with Crippen molar-refractivity contribution in [3.63, 3.8) is 0 Å². The SMILES string of the molecule is CCc1nncn1CCNC(=NCCCN(CC)c1ccccc1)NCCCOC.I. The second-order valence-corrected chi connectivity index (χ2v) is 6.99. The van der Waals surface area contributed by atoms with Crippen molar-refractivity contribution in [1.82, 2.24) is 25.4 Å². The molecule has 0 fully saturated rings.